The number of benzene rings is 1. The molecule has 0 amide bonds. The number of rotatable bonds is 3. The average molecular weight is 293 g/mol. The summed E-state index contributed by atoms with van der Waals surface area (Å²) >= 11 is 0. The highest BCUT2D eigenvalue weighted by Gasteiger charge is 2.17. The standard InChI is InChI=1S/C12H11N3O4S/c1-7-5-12(14-19-7)15-20(16,17)9-3-4-11-10(6-9)13-8(2)18-11/h3-6H,1-2H3,(H,14,15). The van der Waals surface area contributed by atoms with E-state index in [0.29, 0.717) is 22.8 Å². The van der Waals surface area contributed by atoms with Gasteiger partial charge < -0.3 is 8.94 Å². The predicted octanol–water partition coefficient (Wildman–Crippen LogP) is 2.23. The fraction of sp³-hybridized carbons (Fsp3) is 0.167. The summed E-state index contributed by atoms with van der Waals surface area (Å²) in [6.07, 6.45) is 0. The van der Waals surface area contributed by atoms with Crippen LogP contribution in [0.4, 0.5) is 5.82 Å². The molecule has 1 aromatic carbocycles. The summed E-state index contributed by atoms with van der Waals surface area (Å²) in [6.45, 7) is 3.37. The minimum Gasteiger partial charge on any atom is -0.441 e. The number of aromatic nitrogens is 2. The van der Waals surface area contributed by atoms with Gasteiger partial charge in [0.2, 0.25) is 0 Å². The smallest absolute Gasteiger partial charge is 0.263 e. The van der Waals surface area contributed by atoms with E-state index >= 15 is 0 Å². The molecule has 0 atom stereocenters. The third-order valence-electron chi connectivity index (χ3n) is 2.64. The highest BCUT2D eigenvalue weighted by Crippen LogP contribution is 2.21. The number of hydrogen-bond acceptors (Lipinski definition) is 6. The van der Waals surface area contributed by atoms with Crippen molar-refractivity contribution in [1.82, 2.24) is 10.1 Å². The maximum atomic E-state index is 12.2. The Labute approximate surface area is 114 Å². The Morgan fingerprint density at radius 3 is 2.70 bits per heavy atom. The first-order valence-corrected chi connectivity index (χ1v) is 7.26. The van der Waals surface area contributed by atoms with Gasteiger partial charge in [-0.1, -0.05) is 5.16 Å². The third-order valence-corrected chi connectivity index (χ3v) is 4.00. The van der Waals surface area contributed by atoms with Gasteiger partial charge in [-0.05, 0) is 25.1 Å². The summed E-state index contributed by atoms with van der Waals surface area (Å²) in [7, 11) is -3.74. The maximum absolute atomic E-state index is 12.2. The van der Waals surface area contributed by atoms with Gasteiger partial charge in [0.25, 0.3) is 10.0 Å². The second kappa shape index (κ2) is 4.34. The third kappa shape index (κ3) is 2.25. The van der Waals surface area contributed by atoms with Gasteiger partial charge in [-0.2, -0.15) is 0 Å². The van der Waals surface area contributed by atoms with Crippen LogP contribution in [0.2, 0.25) is 0 Å². The van der Waals surface area contributed by atoms with Crippen LogP contribution in [0.5, 0.6) is 0 Å². The largest absolute Gasteiger partial charge is 0.441 e. The van der Waals surface area contributed by atoms with Gasteiger partial charge in [0.1, 0.15) is 11.3 Å². The summed E-state index contributed by atoms with van der Waals surface area (Å²) < 4.78 is 36.9. The Hall–Kier alpha value is -2.35. The number of nitrogens with zero attached hydrogens (tertiary/aromatic N) is 2. The Morgan fingerprint density at radius 1 is 1.20 bits per heavy atom. The van der Waals surface area contributed by atoms with Crippen LogP contribution in [0, 0.1) is 13.8 Å². The second-order valence-electron chi connectivity index (χ2n) is 4.29. The molecule has 0 aliphatic heterocycles. The van der Waals surface area contributed by atoms with Crippen molar-refractivity contribution in [3.63, 3.8) is 0 Å². The number of anilines is 1. The van der Waals surface area contributed by atoms with Gasteiger partial charge in [-0.3, -0.25) is 4.72 Å². The number of fused-ring (bicyclic) bond motifs is 1. The van der Waals surface area contributed by atoms with Crippen molar-refractivity contribution >= 4 is 26.9 Å². The highest BCUT2D eigenvalue weighted by atomic mass is 32.2. The van der Waals surface area contributed by atoms with E-state index in [9.17, 15) is 8.42 Å². The zero-order valence-corrected chi connectivity index (χ0v) is 11.6. The van der Waals surface area contributed by atoms with E-state index in [4.69, 9.17) is 8.94 Å². The van der Waals surface area contributed by atoms with Crippen molar-refractivity contribution in [2.75, 3.05) is 4.72 Å². The van der Waals surface area contributed by atoms with Gasteiger partial charge in [0.15, 0.2) is 17.3 Å². The molecule has 2 aromatic heterocycles. The Kier molecular flexibility index (Phi) is 2.75. The van der Waals surface area contributed by atoms with Crippen LogP contribution in [0.15, 0.2) is 38.1 Å². The van der Waals surface area contributed by atoms with Gasteiger partial charge in [-0.25, -0.2) is 13.4 Å². The minimum atomic E-state index is -3.74. The van der Waals surface area contributed by atoms with Gasteiger partial charge in [-0.15, -0.1) is 0 Å². The molecule has 3 rings (SSSR count). The summed E-state index contributed by atoms with van der Waals surface area (Å²) in [5.41, 5.74) is 1.03. The van der Waals surface area contributed by atoms with Crippen LogP contribution < -0.4 is 4.72 Å². The molecule has 0 aliphatic carbocycles. The maximum Gasteiger partial charge on any atom is 0.263 e. The topological polar surface area (TPSA) is 98.2 Å². The van der Waals surface area contributed by atoms with Crippen molar-refractivity contribution in [3.05, 3.63) is 35.9 Å². The average Bonchev–Trinajstić information content (AvgIpc) is 2.92. The van der Waals surface area contributed by atoms with Gasteiger partial charge >= 0.3 is 0 Å². The molecule has 0 fully saturated rings. The molecule has 0 bridgehead atoms. The van der Waals surface area contributed by atoms with E-state index < -0.39 is 10.0 Å². The first-order chi connectivity index (χ1) is 9.44. The van der Waals surface area contributed by atoms with Crippen LogP contribution >= 0.6 is 0 Å². The highest BCUT2D eigenvalue weighted by molar-refractivity contribution is 7.92. The molecule has 7 nitrogen and oxygen atoms in total. The molecular weight excluding hydrogens is 282 g/mol. The zero-order valence-electron chi connectivity index (χ0n) is 10.7. The molecular formula is C12H11N3O4S. The molecule has 20 heavy (non-hydrogen) atoms. The normalized spacial score (nSPS) is 11.9. The first-order valence-electron chi connectivity index (χ1n) is 5.77. The summed E-state index contributed by atoms with van der Waals surface area (Å²) in [4.78, 5) is 4.19. The predicted molar refractivity (Wildman–Crippen MR) is 70.8 cm³/mol. The van der Waals surface area contributed by atoms with Crippen molar-refractivity contribution in [2.45, 2.75) is 18.7 Å². The first kappa shape index (κ1) is 12.7. The second-order valence-corrected chi connectivity index (χ2v) is 5.97. The number of nitrogens with one attached hydrogen (secondary N) is 1. The number of hydrogen-bond donors (Lipinski definition) is 1. The lowest BCUT2D eigenvalue weighted by Gasteiger charge is -2.04. The lowest BCUT2D eigenvalue weighted by Crippen LogP contribution is -2.13. The Bertz CT molecular complexity index is 879. The molecule has 1 N–H and O–H groups in total. The molecule has 0 radical (unpaired) electrons. The molecule has 0 spiro atoms. The van der Waals surface area contributed by atoms with Crippen molar-refractivity contribution in [2.24, 2.45) is 0 Å². The van der Waals surface area contributed by atoms with E-state index in [1.165, 1.54) is 18.2 Å². The number of aryl methyl sites for hydroxylation is 2. The SMILES string of the molecule is Cc1cc(NS(=O)(=O)c2ccc3oc(C)nc3c2)no1. The van der Waals surface area contributed by atoms with Crippen molar-refractivity contribution < 1.29 is 17.4 Å². The fourth-order valence-corrected chi connectivity index (χ4v) is 2.80. The number of sulfonamides is 1. The lowest BCUT2D eigenvalue weighted by atomic mass is 10.3. The van der Waals surface area contributed by atoms with E-state index in [1.54, 1.807) is 19.9 Å². The molecule has 2 heterocycles. The van der Waals surface area contributed by atoms with Crippen LogP contribution in [0.1, 0.15) is 11.7 Å². The summed E-state index contributed by atoms with van der Waals surface area (Å²) in [5, 5.41) is 3.59. The molecule has 0 saturated heterocycles. The van der Waals surface area contributed by atoms with Gasteiger partial charge in [0, 0.05) is 13.0 Å². The molecule has 0 aliphatic rings. The van der Waals surface area contributed by atoms with Crippen LogP contribution in [-0.2, 0) is 10.0 Å². The molecule has 8 heteroatoms. The zero-order chi connectivity index (χ0) is 14.3. The van der Waals surface area contributed by atoms with E-state index in [1.807, 2.05) is 0 Å². The summed E-state index contributed by atoms with van der Waals surface area (Å²) in [5.74, 6) is 1.14. The monoisotopic (exact) mass is 293 g/mol. The molecule has 0 saturated carbocycles. The minimum absolute atomic E-state index is 0.0824. The Morgan fingerprint density at radius 2 is 2.00 bits per heavy atom. The summed E-state index contributed by atoms with van der Waals surface area (Å²) in [6, 6.07) is 5.96. The van der Waals surface area contributed by atoms with Crippen LogP contribution in [0.3, 0.4) is 0 Å². The Balaban J connectivity index is 1.99. The van der Waals surface area contributed by atoms with Gasteiger partial charge in [0.05, 0.1) is 4.90 Å². The fourth-order valence-electron chi connectivity index (χ4n) is 1.80. The van der Waals surface area contributed by atoms with E-state index in [-0.39, 0.29) is 10.7 Å². The van der Waals surface area contributed by atoms with Crippen molar-refractivity contribution in [1.29, 1.82) is 0 Å². The van der Waals surface area contributed by atoms with E-state index in [2.05, 4.69) is 14.9 Å². The molecule has 0 unspecified atom stereocenters. The lowest BCUT2D eigenvalue weighted by molar-refractivity contribution is 0.400. The van der Waals surface area contributed by atoms with Crippen molar-refractivity contribution in [3.8, 4) is 0 Å². The number of oxazole rings is 1. The molecule has 3 aromatic rings. The molecule has 104 valence electrons. The van der Waals surface area contributed by atoms with E-state index in [0.717, 1.165) is 0 Å². The quantitative estimate of drug-likeness (QED) is 0.795. The van der Waals surface area contributed by atoms with Crippen LogP contribution in [-0.4, -0.2) is 18.6 Å². The van der Waals surface area contributed by atoms with Crippen LogP contribution in [0.25, 0.3) is 11.1 Å².